The molecule has 0 radical (unpaired) electrons. The molecule has 0 heterocycles. The second-order valence-electron chi connectivity index (χ2n) is 4.52. The van der Waals surface area contributed by atoms with Crippen molar-refractivity contribution in [1.29, 1.82) is 0 Å². The van der Waals surface area contributed by atoms with E-state index in [2.05, 4.69) is 5.32 Å². The maximum absolute atomic E-state index is 9.40. The molecule has 2 aromatic carbocycles. The highest BCUT2D eigenvalue weighted by Gasteiger charge is 2.13. The van der Waals surface area contributed by atoms with Gasteiger partial charge in [-0.2, -0.15) is 0 Å². The monoisotopic (exact) mass is 291 g/mol. The fourth-order valence-electron chi connectivity index (χ4n) is 2.06. The average Bonchev–Trinajstić information content (AvgIpc) is 2.46. The molecule has 3 nitrogen and oxygen atoms in total. The van der Waals surface area contributed by atoms with Gasteiger partial charge in [-0.3, -0.25) is 0 Å². The molecular weight excluding hydrogens is 274 g/mol. The lowest BCUT2D eigenvalue weighted by Gasteiger charge is -2.20. The van der Waals surface area contributed by atoms with Gasteiger partial charge in [-0.25, -0.2) is 0 Å². The normalized spacial score (nSPS) is 12.3. The minimum absolute atomic E-state index is 0.0445. The number of methoxy groups -OCH3 is 1. The lowest BCUT2D eigenvalue weighted by Crippen LogP contribution is -2.25. The van der Waals surface area contributed by atoms with Crippen LogP contribution in [-0.2, 0) is 4.74 Å². The zero-order chi connectivity index (χ0) is 14.4. The van der Waals surface area contributed by atoms with E-state index in [1.807, 2.05) is 36.4 Å². The highest BCUT2D eigenvalue weighted by Crippen LogP contribution is 2.24. The molecule has 2 N–H and O–H groups in total. The number of aromatic hydroxyl groups is 1. The van der Waals surface area contributed by atoms with Crippen LogP contribution in [0.25, 0.3) is 0 Å². The molecular formula is C16H18ClNO2. The third-order valence-corrected chi connectivity index (χ3v) is 3.34. The molecule has 0 bridgehead atoms. The van der Waals surface area contributed by atoms with Gasteiger partial charge in [0.2, 0.25) is 0 Å². The van der Waals surface area contributed by atoms with Crippen molar-refractivity contribution in [2.75, 3.05) is 20.3 Å². The van der Waals surface area contributed by atoms with Gasteiger partial charge in [0.25, 0.3) is 0 Å². The third kappa shape index (κ3) is 3.97. The summed E-state index contributed by atoms with van der Waals surface area (Å²) >= 11 is 5.94. The predicted octanol–water partition coefficient (Wildman–Crippen LogP) is 3.37. The van der Waals surface area contributed by atoms with Gasteiger partial charge in [-0.1, -0.05) is 35.9 Å². The Morgan fingerprint density at radius 2 is 1.60 bits per heavy atom. The van der Waals surface area contributed by atoms with E-state index in [0.717, 1.165) is 22.7 Å². The summed E-state index contributed by atoms with van der Waals surface area (Å²) in [6, 6.07) is 15.0. The van der Waals surface area contributed by atoms with Crippen LogP contribution in [0.5, 0.6) is 5.75 Å². The van der Waals surface area contributed by atoms with Crippen molar-refractivity contribution in [2.45, 2.75) is 6.04 Å². The maximum atomic E-state index is 9.40. The van der Waals surface area contributed by atoms with Crippen molar-refractivity contribution in [2.24, 2.45) is 0 Å². The molecule has 20 heavy (non-hydrogen) atoms. The quantitative estimate of drug-likeness (QED) is 0.802. The number of nitrogens with one attached hydrogen (secondary N) is 1. The van der Waals surface area contributed by atoms with Crippen molar-refractivity contribution < 1.29 is 9.84 Å². The Balaban J connectivity index is 2.23. The standard InChI is InChI=1S/C16H18ClNO2/c1-20-11-10-18-16(12-2-6-14(17)7-3-12)13-4-8-15(19)9-5-13/h2-9,16,18-19H,10-11H2,1H3. The number of hydrogen-bond donors (Lipinski definition) is 2. The van der Waals surface area contributed by atoms with Crippen LogP contribution in [0.2, 0.25) is 5.02 Å². The molecule has 1 unspecified atom stereocenters. The molecule has 0 spiro atoms. The van der Waals surface area contributed by atoms with Crippen LogP contribution in [-0.4, -0.2) is 25.4 Å². The second-order valence-corrected chi connectivity index (χ2v) is 4.96. The summed E-state index contributed by atoms with van der Waals surface area (Å²) in [5.41, 5.74) is 2.21. The first-order valence-electron chi connectivity index (χ1n) is 6.47. The van der Waals surface area contributed by atoms with Crippen LogP contribution in [0, 0.1) is 0 Å². The van der Waals surface area contributed by atoms with E-state index < -0.39 is 0 Å². The molecule has 0 saturated heterocycles. The molecule has 106 valence electrons. The highest BCUT2D eigenvalue weighted by atomic mass is 35.5. The van der Waals surface area contributed by atoms with Gasteiger partial charge in [0.15, 0.2) is 0 Å². The second kappa shape index (κ2) is 7.29. The predicted molar refractivity (Wildman–Crippen MR) is 81.3 cm³/mol. The van der Waals surface area contributed by atoms with Crippen molar-refractivity contribution >= 4 is 11.6 Å². The smallest absolute Gasteiger partial charge is 0.115 e. The Morgan fingerprint density at radius 3 is 2.15 bits per heavy atom. The summed E-state index contributed by atoms with van der Waals surface area (Å²) in [6.07, 6.45) is 0. The van der Waals surface area contributed by atoms with Crippen LogP contribution >= 0.6 is 11.6 Å². The molecule has 4 heteroatoms. The molecule has 0 aliphatic carbocycles. The van der Waals surface area contributed by atoms with Crippen LogP contribution < -0.4 is 5.32 Å². The summed E-state index contributed by atoms with van der Waals surface area (Å²) in [6.45, 7) is 1.38. The molecule has 0 aliphatic rings. The van der Waals surface area contributed by atoms with Crippen molar-refractivity contribution in [1.82, 2.24) is 5.32 Å². The minimum Gasteiger partial charge on any atom is -0.508 e. The minimum atomic E-state index is 0.0445. The van der Waals surface area contributed by atoms with Crippen LogP contribution in [0.3, 0.4) is 0 Å². The van der Waals surface area contributed by atoms with Crippen molar-refractivity contribution in [3.05, 3.63) is 64.7 Å². The highest BCUT2D eigenvalue weighted by molar-refractivity contribution is 6.30. The molecule has 0 aliphatic heterocycles. The largest absolute Gasteiger partial charge is 0.508 e. The summed E-state index contributed by atoms with van der Waals surface area (Å²) in [7, 11) is 1.68. The Labute approximate surface area is 124 Å². The molecule has 0 saturated carbocycles. The van der Waals surface area contributed by atoms with E-state index in [1.165, 1.54) is 0 Å². The van der Waals surface area contributed by atoms with Crippen molar-refractivity contribution in [3.63, 3.8) is 0 Å². The zero-order valence-corrected chi connectivity index (χ0v) is 12.1. The molecule has 0 amide bonds. The number of halogens is 1. The Bertz CT molecular complexity index is 480. The molecule has 1 atom stereocenters. The van der Waals surface area contributed by atoms with Gasteiger partial charge in [0.05, 0.1) is 12.6 Å². The van der Waals surface area contributed by atoms with Gasteiger partial charge in [0, 0.05) is 18.7 Å². The van der Waals surface area contributed by atoms with Gasteiger partial charge >= 0.3 is 0 Å². The number of phenolic OH excluding ortho intramolecular Hbond substituents is 1. The third-order valence-electron chi connectivity index (χ3n) is 3.08. The topological polar surface area (TPSA) is 41.5 Å². The number of benzene rings is 2. The summed E-state index contributed by atoms with van der Waals surface area (Å²) in [5, 5.41) is 13.6. The summed E-state index contributed by atoms with van der Waals surface area (Å²) < 4.78 is 5.08. The average molecular weight is 292 g/mol. The summed E-state index contributed by atoms with van der Waals surface area (Å²) in [4.78, 5) is 0. The van der Waals surface area contributed by atoms with E-state index in [4.69, 9.17) is 16.3 Å². The zero-order valence-electron chi connectivity index (χ0n) is 11.3. The lowest BCUT2D eigenvalue weighted by molar-refractivity contribution is 0.197. The van der Waals surface area contributed by atoms with Crippen LogP contribution in [0.4, 0.5) is 0 Å². The lowest BCUT2D eigenvalue weighted by atomic mass is 9.98. The number of rotatable bonds is 6. The van der Waals surface area contributed by atoms with Gasteiger partial charge in [-0.05, 0) is 35.4 Å². The Hall–Kier alpha value is -1.55. The van der Waals surface area contributed by atoms with E-state index in [-0.39, 0.29) is 11.8 Å². The SMILES string of the molecule is COCCNC(c1ccc(O)cc1)c1ccc(Cl)cc1. The van der Waals surface area contributed by atoms with E-state index in [1.54, 1.807) is 19.2 Å². The molecule has 2 rings (SSSR count). The number of phenols is 1. The molecule has 2 aromatic rings. The fourth-order valence-corrected chi connectivity index (χ4v) is 2.18. The van der Waals surface area contributed by atoms with Crippen LogP contribution in [0.1, 0.15) is 17.2 Å². The van der Waals surface area contributed by atoms with Gasteiger partial charge < -0.3 is 15.2 Å². The van der Waals surface area contributed by atoms with Gasteiger partial charge in [-0.15, -0.1) is 0 Å². The van der Waals surface area contributed by atoms with Crippen LogP contribution in [0.15, 0.2) is 48.5 Å². The Morgan fingerprint density at radius 1 is 1.05 bits per heavy atom. The summed E-state index contributed by atoms with van der Waals surface area (Å²) in [5.74, 6) is 0.264. The first-order valence-corrected chi connectivity index (χ1v) is 6.85. The van der Waals surface area contributed by atoms with E-state index in [9.17, 15) is 5.11 Å². The first kappa shape index (κ1) is 14.9. The fraction of sp³-hybridized carbons (Fsp3) is 0.250. The van der Waals surface area contributed by atoms with Gasteiger partial charge in [0.1, 0.15) is 5.75 Å². The van der Waals surface area contributed by atoms with Crippen molar-refractivity contribution in [3.8, 4) is 5.75 Å². The van der Waals surface area contributed by atoms with E-state index >= 15 is 0 Å². The van der Waals surface area contributed by atoms with E-state index in [0.29, 0.717) is 6.61 Å². The molecule has 0 aromatic heterocycles. The number of ether oxygens (including phenoxy) is 1. The maximum Gasteiger partial charge on any atom is 0.115 e. The molecule has 0 fully saturated rings. The first-order chi connectivity index (χ1) is 9.70. The number of hydrogen-bond acceptors (Lipinski definition) is 3. The Kier molecular flexibility index (Phi) is 5.41.